The largest absolute Gasteiger partial charge is 0.371 e. The minimum absolute atomic E-state index is 0.452. The van der Waals surface area contributed by atoms with Crippen LogP contribution in [0.4, 0.5) is 0 Å². The Morgan fingerprint density at radius 1 is 1.75 bits per heavy atom. The number of hydrogen-bond donors (Lipinski definition) is 3. The topological polar surface area (TPSA) is 105 Å². The van der Waals surface area contributed by atoms with Crippen molar-refractivity contribution in [1.82, 2.24) is 5.32 Å². The third-order valence-electron chi connectivity index (χ3n) is 1.44. The van der Waals surface area contributed by atoms with Crippen LogP contribution in [0.25, 0.3) is 0 Å². The van der Waals surface area contributed by atoms with Gasteiger partial charge in [-0.05, 0) is 0 Å². The van der Waals surface area contributed by atoms with Gasteiger partial charge in [0, 0.05) is 6.54 Å². The molecule has 70 valence electrons. The van der Waals surface area contributed by atoms with Crippen LogP contribution in [0.1, 0.15) is 0 Å². The number of amidine groups is 1. The summed E-state index contributed by atoms with van der Waals surface area (Å²) in [6.07, 6.45) is 0. The summed E-state index contributed by atoms with van der Waals surface area (Å²) in [5.41, 5.74) is 5.43. The van der Waals surface area contributed by atoms with Gasteiger partial charge in [0.15, 0.2) is 0 Å². The number of nitrogens with one attached hydrogen (secondary N) is 1. The fourth-order valence-corrected chi connectivity index (χ4v) is 1.58. The number of nitrogens with zero attached hydrogens (tertiary/aromatic N) is 1. The van der Waals surface area contributed by atoms with E-state index in [2.05, 4.69) is 10.3 Å². The first-order chi connectivity index (χ1) is 5.49. The van der Waals surface area contributed by atoms with Crippen molar-refractivity contribution in [3.63, 3.8) is 0 Å². The molecule has 1 aliphatic rings. The van der Waals surface area contributed by atoms with E-state index in [-0.39, 0.29) is 0 Å². The van der Waals surface area contributed by atoms with Crippen LogP contribution >= 0.6 is 0 Å². The molecule has 0 fully saturated rings. The summed E-state index contributed by atoms with van der Waals surface area (Å²) in [6.45, 7) is 1.28. The second-order valence-corrected chi connectivity index (χ2v) is 4.05. The first-order valence-corrected chi connectivity index (χ1v) is 5.09. The Bertz CT molecular complexity index is 284. The van der Waals surface area contributed by atoms with Crippen molar-refractivity contribution >= 4 is 16.0 Å². The zero-order valence-electron chi connectivity index (χ0n) is 6.40. The number of aliphatic imine (C=N–C) groups is 1. The summed E-state index contributed by atoms with van der Waals surface area (Å²) < 4.78 is 29.2. The Kier molecular flexibility index (Phi) is 2.65. The van der Waals surface area contributed by atoms with Crippen LogP contribution in [0.3, 0.4) is 0 Å². The zero-order valence-corrected chi connectivity index (χ0v) is 7.21. The maximum Gasteiger partial charge on any atom is 0.266 e. The van der Waals surface area contributed by atoms with Crippen molar-refractivity contribution in [2.75, 3.05) is 18.8 Å². The Morgan fingerprint density at radius 3 is 2.83 bits per heavy atom. The van der Waals surface area contributed by atoms with Crippen LogP contribution in [0.15, 0.2) is 4.99 Å². The van der Waals surface area contributed by atoms with Crippen molar-refractivity contribution in [1.29, 1.82) is 0 Å². The highest BCUT2D eigenvalue weighted by Gasteiger charge is 2.19. The maximum absolute atomic E-state index is 10.4. The third-order valence-corrected chi connectivity index (χ3v) is 2.22. The van der Waals surface area contributed by atoms with E-state index in [9.17, 15) is 8.42 Å². The Labute approximate surface area is 70.6 Å². The van der Waals surface area contributed by atoms with Gasteiger partial charge in [-0.25, -0.2) is 0 Å². The van der Waals surface area contributed by atoms with E-state index < -0.39 is 21.9 Å². The molecule has 0 radical (unpaired) electrons. The summed E-state index contributed by atoms with van der Waals surface area (Å²) in [4.78, 5) is 3.92. The number of rotatable bonds is 3. The Balaban J connectivity index is 2.54. The van der Waals surface area contributed by atoms with Gasteiger partial charge in [-0.15, -0.1) is 0 Å². The SMILES string of the molecule is NC(CS(=O)(=O)O)C1=NCCN1. The lowest BCUT2D eigenvalue weighted by atomic mass is 10.3. The highest BCUT2D eigenvalue weighted by atomic mass is 32.2. The molecule has 6 nitrogen and oxygen atoms in total. The van der Waals surface area contributed by atoms with Gasteiger partial charge in [-0.3, -0.25) is 9.55 Å². The van der Waals surface area contributed by atoms with Crippen LogP contribution in [0.2, 0.25) is 0 Å². The second-order valence-electron chi connectivity index (χ2n) is 2.55. The van der Waals surface area contributed by atoms with Crippen LogP contribution in [-0.4, -0.2) is 43.7 Å². The van der Waals surface area contributed by atoms with E-state index in [0.29, 0.717) is 18.9 Å². The molecule has 0 spiro atoms. The van der Waals surface area contributed by atoms with E-state index in [0.717, 1.165) is 0 Å². The first kappa shape index (κ1) is 9.43. The van der Waals surface area contributed by atoms with Crippen LogP contribution in [0.5, 0.6) is 0 Å². The summed E-state index contributed by atoms with van der Waals surface area (Å²) in [6, 6.07) is -0.748. The molecule has 1 rings (SSSR count). The van der Waals surface area contributed by atoms with Crippen LogP contribution < -0.4 is 11.1 Å². The van der Waals surface area contributed by atoms with Gasteiger partial charge in [-0.1, -0.05) is 0 Å². The minimum Gasteiger partial charge on any atom is -0.371 e. The van der Waals surface area contributed by atoms with Crippen LogP contribution in [-0.2, 0) is 10.1 Å². The van der Waals surface area contributed by atoms with Crippen molar-refractivity contribution in [3.8, 4) is 0 Å². The van der Waals surface area contributed by atoms with Crippen molar-refractivity contribution < 1.29 is 13.0 Å². The fraction of sp³-hybridized carbons (Fsp3) is 0.800. The predicted octanol–water partition coefficient (Wildman–Crippen LogP) is -1.80. The molecule has 0 bridgehead atoms. The molecule has 0 amide bonds. The Morgan fingerprint density at radius 2 is 2.42 bits per heavy atom. The van der Waals surface area contributed by atoms with Gasteiger partial charge >= 0.3 is 0 Å². The molecule has 12 heavy (non-hydrogen) atoms. The molecule has 1 aliphatic heterocycles. The lowest BCUT2D eigenvalue weighted by Crippen LogP contribution is -2.42. The normalized spacial score (nSPS) is 20.0. The van der Waals surface area contributed by atoms with E-state index >= 15 is 0 Å². The molecule has 1 atom stereocenters. The molecule has 0 saturated heterocycles. The predicted molar refractivity (Wildman–Crippen MR) is 44.7 cm³/mol. The van der Waals surface area contributed by atoms with Crippen molar-refractivity contribution in [3.05, 3.63) is 0 Å². The number of nitrogens with two attached hydrogens (primary N) is 1. The Hall–Kier alpha value is -0.660. The van der Waals surface area contributed by atoms with Gasteiger partial charge in [0.2, 0.25) is 0 Å². The minimum atomic E-state index is -4.01. The highest BCUT2D eigenvalue weighted by molar-refractivity contribution is 7.85. The van der Waals surface area contributed by atoms with Crippen molar-refractivity contribution in [2.24, 2.45) is 10.7 Å². The molecule has 0 aliphatic carbocycles. The zero-order chi connectivity index (χ0) is 9.19. The van der Waals surface area contributed by atoms with Gasteiger partial charge in [-0.2, -0.15) is 8.42 Å². The molecule has 7 heteroatoms. The van der Waals surface area contributed by atoms with E-state index in [1.54, 1.807) is 0 Å². The first-order valence-electron chi connectivity index (χ1n) is 3.48. The molecule has 1 heterocycles. The third kappa shape index (κ3) is 2.76. The van der Waals surface area contributed by atoms with Crippen molar-refractivity contribution in [2.45, 2.75) is 6.04 Å². The number of hydrogen-bond acceptors (Lipinski definition) is 5. The summed E-state index contributed by atoms with van der Waals surface area (Å²) in [5.74, 6) is -0.0358. The molecule has 0 saturated carbocycles. The van der Waals surface area contributed by atoms with E-state index in [1.165, 1.54) is 0 Å². The molecule has 4 N–H and O–H groups in total. The van der Waals surface area contributed by atoms with E-state index in [4.69, 9.17) is 10.3 Å². The summed E-state index contributed by atoms with van der Waals surface area (Å²) >= 11 is 0. The van der Waals surface area contributed by atoms with Gasteiger partial charge in [0.25, 0.3) is 10.1 Å². The quantitative estimate of drug-likeness (QED) is 0.459. The van der Waals surface area contributed by atoms with Gasteiger partial charge in [0.05, 0.1) is 18.3 Å². The molecular weight excluding hydrogens is 182 g/mol. The standard InChI is InChI=1S/C5H11N3O3S/c6-4(3-12(9,10)11)5-7-1-2-8-5/h4H,1-3,6H2,(H,7,8)(H,9,10,11). The molecule has 0 aromatic rings. The second kappa shape index (κ2) is 3.38. The van der Waals surface area contributed by atoms with Gasteiger partial charge in [0.1, 0.15) is 5.84 Å². The summed E-state index contributed by atoms with van der Waals surface area (Å²) in [7, 11) is -4.01. The lowest BCUT2D eigenvalue weighted by Gasteiger charge is -2.09. The van der Waals surface area contributed by atoms with Crippen LogP contribution in [0, 0.1) is 0 Å². The monoisotopic (exact) mass is 193 g/mol. The smallest absolute Gasteiger partial charge is 0.266 e. The molecular formula is C5H11N3O3S. The molecule has 1 unspecified atom stereocenters. The highest BCUT2D eigenvalue weighted by Crippen LogP contribution is 1.93. The summed E-state index contributed by atoms with van der Waals surface area (Å²) in [5, 5.41) is 2.83. The van der Waals surface area contributed by atoms with E-state index in [1.807, 2.05) is 0 Å². The maximum atomic E-state index is 10.4. The molecule has 0 aromatic heterocycles. The average Bonchev–Trinajstić information content (AvgIpc) is 2.32. The average molecular weight is 193 g/mol. The molecule has 0 aromatic carbocycles. The van der Waals surface area contributed by atoms with Gasteiger partial charge < -0.3 is 11.1 Å². The lowest BCUT2D eigenvalue weighted by molar-refractivity contribution is 0.481. The fourth-order valence-electron chi connectivity index (χ4n) is 0.970.